The Balaban J connectivity index is 1.65. The topological polar surface area (TPSA) is 42.7 Å². The zero-order valence-electron chi connectivity index (χ0n) is 16.8. The van der Waals surface area contributed by atoms with Crippen LogP contribution in [-0.4, -0.2) is 14.5 Å². The Hall–Kier alpha value is -3.35. The SMILES string of the molecule is FC(F)(F)c1cc2ccccc2n1-c1nc2c(c(NCc3ccccc3)n1)CCCC2. The minimum atomic E-state index is -4.52. The van der Waals surface area contributed by atoms with E-state index in [1.807, 2.05) is 30.3 Å². The predicted molar refractivity (Wildman–Crippen MR) is 114 cm³/mol. The Morgan fingerprint density at radius 2 is 1.65 bits per heavy atom. The predicted octanol–water partition coefficient (Wildman–Crippen LogP) is 5.93. The maximum absolute atomic E-state index is 13.9. The highest BCUT2D eigenvalue weighted by atomic mass is 19.4. The van der Waals surface area contributed by atoms with E-state index in [0.717, 1.165) is 53.1 Å². The fraction of sp³-hybridized carbons (Fsp3) is 0.250. The lowest BCUT2D eigenvalue weighted by Gasteiger charge is -2.21. The van der Waals surface area contributed by atoms with Crippen LogP contribution >= 0.6 is 0 Å². The average Bonchev–Trinajstić information content (AvgIpc) is 3.18. The van der Waals surface area contributed by atoms with E-state index >= 15 is 0 Å². The molecule has 5 rings (SSSR count). The molecule has 2 aromatic heterocycles. The normalized spacial score (nSPS) is 13.9. The van der Waals surface area contributed by atoms with Crippen LogP contribution < -0.4 is 5.32 Å². The molecule has 0 saturated carbocycles. The van der Waals surface area contributed by atoms with Gasteiger partial charge in [0.2, 0.25) is 5.95 Å². The van der Waals surface area contributed by atoms with Gasteiger partial charge in [-0.2, -0.15) is 18.2 Å². The molecule has 31 heavy (non-hydrogen) atoms. The molecule has 2 heterocycles. The summed E-state index contributed by atoms with van der Waals surface area (Å²) in [5.74, 6) is 0.680. The molecule has 2 aromatic carbocycles. The molecule has 0 fully saturated rings. The standard InChI is InChI=1S/C24H21F3N4/c25-24(26,27)21-14-17-10-4-7-13-20(17)31(21)23-29-19-12-6-5-11-18(19)22(30-23)28-15-16-8-2-1-3-9-16/h1-4,7-10,13-14H,5-6,11-12,15H2,(H,28,29,30). The number of aromatic nitrogens is 3. The quantitative estimate of drug-likeness (QED) is 0.443. The minimum Gasteiger partial charge on any atom is -0.366 e. The number of fused-ring (bicyclic) bond motifs is 2. The fourth-order valence-corrected chi connectivity index (χ4v) is 4.19. The van der Waals surface area contributed by atoms with Crippen molar-refractivity contribution in [2.24, 2.45) is 0 Å². The highest BCUT2D eigenvalue weighted by Gasteiger charge is 2.37. The molecule has 0 bridgehead atoms. The number of hydrogen-bond donors (Lipinski definition) is 1. The number of hydrogen-bond acceptors (Lipinski definition) is 3. The lowest BCUT2D eigenvalue weighted by atomic mass is 9.96. The molecule has 7 heteroatoms. The van der Waals surface area contributed by atoms with Crippen molar-refractivity contribution >= 4 is 16.7 Å². The van der Waals surface area contributed by atoms with Crippen molar-refractivity contribution in [3.63, 3.8) is 0 Å². The summed E-state index contributed by atoms with van der Waals surface area (Å²) in [5, 5.41) is 3.86. The van der Waals surface area contributed by atoms with E-state index in [-0.39, 0.29) is 5.95 Å². The van der Waals surface area contributed by atoms with E-state index in [9.17, 15) is 13.2 Å². The molecule has 4 aromatic rings. The number of alkyl halides is 3. The molecule has 0 radical (unpaired) electrons. The first-order valence-corrected chi connectivity index (χ1v) is 10.4. The monoisotopic (exact) mass is 422 g/mol. The first-order valence-electron chi connectivity index (χ1n) is 10.4. The zero-order valence-corrected chi connectivity index (χ0v) is 16.8. The van der Waals surface area contributed by atoms with Crippen LogP contribution in [0.5, 0.6) is 0 Å². The average molecular weight is 422 g/mol. The number of anilines is 1. The number of benzene rings is 2. The third-order valence-corrected chi connectivity index (χ3v) is 5.68. The number of nitrogens with one attached hydrogen (secondary N) is 1. The van der Waals surface area contributed by atoms with Crippen molar-refractivity contribution in [2.45, 2.75) is 38.4 Å². The van der Waals surface area contributed by atoms with Gasteiger partial charge in [0.05, 0.1) is 11.2 Å². The van der Waals surface area contributed by atoms with Crippen molar-refractivity contribution in [1.82, 2.24) is 14.5 Å². The second kappa shape index (κ2) is 7.72. The third kappa shape index (κ3) is 3.76. The highest BCUT2D eigenvalue weighted by Crippen LogP contribution is 2.36. The molecule has 0 aliphatic heterocycles. The summed E-state index contributed by atoms with van der Waals surface area (Å²) >= 11 is 0. The van der Waals surface area contributed by atoms with Gasteiger partial charge in [-0.3, -0.25) is 4.57 Å². The third-order valence-electron chi connectivity index (χ3n) is 5.68. The van der Waals surface area contributed by atoms with Gasteiger partial charge in [0.15, 0.2) is 0 Å². The molecule has 0 amide bonds. The molecule has 1 aliphatic carbocycles. The molecule has 1 N–H and O–H groups in total. The van der Waals surface area contributed by atoms with E-state index in [1.54, 1.807) is 24.3 Å². The Morgan fingerprint density at radius 3 is 2.45 bits per heavy atom. The maximum atomic E-state index is 13.9. The summed E-state index contributed by atoms with van der Waals surface area (Å²) < 4.78 is 42.8. The van der Waals surface area contributed by atoms with Gasteiger partial charge in [0.25, 0.3) is 0 Å². The van der Waals surface area contributed by atoms with Crippen LogP contribution in [0.15, 0.2) is 60.7 Å². The smallest absolute Gasteiger partial charge is 0.366 e. The molecule has 0 unspecified atom stereocenters. The van der Waals surface area contributed by atoms with Crippen LogP contribution in [0, 0.1) is 0 Å². The molecule has 1 aliphatic rings. The lowest BCUT2D eigenvalue weighted by Crippen LogP contribution is -2.19. The summed E-state index contributed by atoms with van der Waals surface area (Å²) in [6, 6.07) is 17.8. The number of nitrogens with zero attached hydrogens (tertiary/aromatic N) is 3. The van der Waals surface area contributed by atoms with Crippen LogP contribution in [0.25, 0.3) is 16.9 Å². The van der Waals surface area contributed by atoms with Crippen LogP contribution in [0.2, 0.25) is 0 Å². The van der Waals surface area contributed by atoms with Gasteiger partial charge in [-0.25, -0.2) is 4.98 Å². The molecule has 0 atom stereocenters. The molecule has 0 saturated heterocycles. The van der Waals surface area contributed by atoms with E-state index < -0.39 is 11.9 Å². The maximum Gasteiger partial charge on any atom is 0.431 e. The second-order valence-corrected chi connectivity index (χ2v) is 7.77. The van der Waals surface area contributed by atoms with Crippen LogP contribution in [0.1, 0.15) is 35.4 Å². The Labute approximate surface area is 177 Å². The van der Waals surface area contributed by atoms with Gasteiger partial charge < -0.3 is 5.32 Å². The van der Waals surface area contributed by atoms with Gasteiger partial charge in [0.1, 0.15) is 11.5 Å². The van der Waals surface area contributed by atoms with Gasteiger partial charge in [-0.05, 0) is 43.4 Å². The number of para-hydroxylation sites is 1. The van der Waals surface area contributed by atoms with Gasteiger partial charge in [0, 0.05) is 17.5 Å². The molecule has 0 spiro atoms. The van der Waals surface area contributed by atoms with Gasteiger partial charge in [-0.1, -0.05) is 48.5 Å². The van der Waals surface area contributed by atoms with E-state index in [4.69, 9.17) is 0 Å². The first-order chi connectivity index (χ1) is 15.0. The number of rotatable bonds is 4. The van der Waals surface area contributed by atoms with Crippen molar-refractivity contribution in [3.8, 4) is 5.95 Å². The van der Waals surface area contributed by atoms with E-state index in [2.05, 4.69) is 15.3 Å². The fourth-order valence-electron chi connectivity index (χ4n) is 4.19. The van der Waals surface area contributed by atoms with E-state index in [0.29, 0.717) is 23.3 Å². The zero-order chi connectivity index (χ0) is 21.4. The van der Waals surface area contributed by atoms with Crippen molar-refractivity contribution in [3.05, 3.63) is 83.2 Å². The van der Waals surface area contributed by atoms with Crippen molar-refractivity contribution < 1.29 is 13.2 Å². The van der Waals surface area contributed by atoms with Crippen LogP contribution in [-0.2, 0) is 25.6 Å². The summed E-state index contributed by atoms with van der Waals surface area (Å²) in [6.07, 6.45) is -0.956. The first kappa shape index (κ1) is 19.6. The Morgan fingerprint density at radius 1 is 0.903 bits per heavy atom. The van der Waals surface area contributed by atoms with Crippen molar-refractivity contribution in [1.29, 1.82) is 0 Å². The summed E-state index contributed by atoms with van der Waals surface area (Å²) in [7, 11) is 0. The molecule has 4 nitrogen and oxygen atoms in total. The highest BCUT2D eigenvalue weighted by molar-refractivity contribution is 5.83. The summed E-state index contributed by atoms with van der Waals surface area (Å²) in [5.41, 5.74) is 2.60. The van der Waals surface area contributed by atoms with Crippen molar-refractivity contribution in [2.75, 3.05) is 5.32 Å². The van der Waals surface area contributed by atoms with E-state index in [1.165, 1.54) is 0 Å². The number of halogens is 3. The Bertz CT molecular complexity index is 1230. The van der Waals surface area contributed by atoms with Gasteiger partial charge in [-0.15, -0.1) is 0 Å². The summed E-state index contributed by atoms with van der Waals surface area (Å²) in [6.45, 7) is 0.544. The summed E-state index contributed by atoms with van der Waals surface area (Å²) in [4.78, 5) is 9.22. The molecular weight excluding hydrogens is 401 g/mol. The van der Waals surface area contributed by atoms with Gasteiger partial charge >= 0.3 is 6.18 Å². The lowest BCUT2D eigenvalue weighted by molar-refractivity contribution is -0.142. The second-order valence-electron chi connectivity index (χ2n) is 7.77. The molecule has 158 valence electrons. The Kier molecular flexibility index (Phi) is 4.88. The van der Waals surface area contributed by atoms with Crippen LogP contribution in [0.3, 0.4) is 0 Å². The largest absolute Gasteiger partial charge is 0.431 e. The molecular formula is C24H21F3N4. The minimum absolute atomic E-state index is 0.0599. The number of aryl methyl sites for hydroxylation is 1. The van der Waals surface area contributed by atoms with Crippen LogP contribution in [0.4, 0.5) is 19.0 Å².